The van der Waals surface area contributed by atoms with Crippen molar-refractivity contribution >= 4 is 0 Å². The predicted octanol–water partition coefficient (Wildman–Crippen LogP) is 6.87. The standard InChI is InChI=1S/C32H20N6/c33-19-22-11-14-36-32(15-22)27-17-25(30-9-1-7-28(37-30)23-5-3-12-34-20-23)16-26(18-27)31-10-2-8-29(38-31)24-6-4-13-35-21-24/h1-18,20-21H. The smallest absolute Gasteiger partial charge is 0.0992 e. The summed E-state index contributed by atoms with van der Waals surface area (Å²) in [4.78, 5) is 22.9. The third kappa shape index (κ3) is 4.77. The van der Waals surface area contributed by atoms with Crippen LogP contribution in [0.2, 0.25) is 0 Å². The van der Waals surface area contributed by atoms with Crippen molar-refractivity contribution in [1.29, 1.82) is 5.26 Å². The van der Waals surface area contributed by atoms with E-state index in [1.165, 1.54) is 0 Å². The monoisotopic (exact) mass is 488 g/mol. The summed E-state index contributed by atoms with van der Waals surface area (Å²) in [6, 6.07) is 31.6. The molecule has 1 aromatic carbocycles. The minimum absolute atomic E-state index is 0.551. The van der Waals surface area contributed by atoms with Gasteiger partial charge in [-0.15, -0.1) is 0 Å². The van der Waals surface area contributed by atoms with Crippen LogP contribution < -0.4 is 0 Å². The molecule has 0 atom stereocenters. The highest BCUT2D eigenvalue weighted by Crippen LogP contribution is 2.33. The van der Waals surface area contributed by atoms with E-state index in [0.29, 0.717) is 11.3 Å². The molecule has 0 bridgehead atoms. The summed E-state index contributed by atoms with van der Waals surface area (Å²) < 4.78 is 0. The largest absolute Gasteiger partial charge is 0.264 e. The normalized spacial score (nSPS) is 10.6. The van der Waals surface area contributed by atoms with Gasteiger partial charge in [-0.05, 0) is 78.9 Å². The first kappa shape index (κ1) is 22.9. The quantitative estimate of drug-likeness (QED) is 0.263. The molecule has 6 nitrogen and oxygen atoms in total. The fourth-order valence-electron chi connectivity index (χ4n) is 4.27. The van der Waals surface area contributed by atoms with Crippen molar-refractivity contribution in [3.63, 3.8) is 0 Å². The minimum Gasteiger partial charge on any atom is -0.264 e. The molecule has 0 aliphatic rings. The molecule has 0 aliphatic carbocycles. The van der Waals surface area contributed by atoms with Crippen LogP contribution in [0.25, 0.3) is 56.3 Å². The zero-order valence-corrected chi connectivity index (χ0v) is 20.2. The predicted molar refractivity (Wildman–Crippen MR) is 147 cm³/mol. The molecule has 0 spiro atoms. The van der Waals surface area contributed by atoms with E-state index in [4.69, 9.17) is 9.97 Å². The molecule has 0 unspecified atom stereocenters. The Kier molecular flexibility index (Phi) is 6.15. The number of hydrogen-bond acceptors (Lipinski definition) is 6. The summed E-state index contributed by atoms with van der Waals surface area (Å²) in [5, 5.41) is 9.44. The highest BCUT2D eigenvalue weighted by atomic mass is 14.7. The van der Waals surface area contributed by atoms with E-state index < -0.39 is 0 Å². The number of nitriles is 1. The van der Waals surface area contributed by atoms with Crippen molar-refractivity contribution in [3.8, 4) is 62.4 Å². The Morgan fingerprint density at radius 2 is 0.974 bits per heavy atom. The van der Waals surface area contributed by atoms with Gasteiger partial charge in [0.05, 0.1) is 40.1 Å². The molecule has 0 fully saturated rings. The van der Waals surface area contributed by atoms with Crippen molar-refractivity contribution in [3.05, 3.63) is 128 Å². The van der Waals surface area contributed by atoms with Gasteiger partial charge in [0.25, 0.3) is 0 Å². The zero-order chi connectivity index (χ0) is 25.7. The van der Waals surface area contributed by atoms with Crippen LogP contribution in [-0.4, -0.2) is 24.9 Å². The molecule has 6 rings (SSSR count). The Labute approximate surface area is 220 Å². The van der Waals surface area contributed by atoms with Crippen LogP contribution in [0.3, 0.4) is 0 Å². The van der Waals surface area contributed by atoms with Crippen molar-refractivity contribution < 1.29 is 0 Å². The highest BCUT2D eigenvalue weighted by Gasteiger charge is 2.12. The topological polar surface area (TPSA) is 88.2 Å². The van der Waals surface area contributed by atoms with Gasteiger partial charge in [-0.1, -0.05) is 12.1 Å². The first-order chi connectivity index (χ1) is 18.8. The molecule has 0 N–H and O–H groups in total. The molecule has 6 heteroatoms. The summed E-state index contributed by atoms with van der Waals surface area (Å²) in [6.45, 7) is 0. The Morgan fingerprint density at radius 1 is 0.474 bits per heavy atom. The molecule has 38 heavy (non-hydrogen) atoms. The number of benzene rings is 1. The number of nitrogens with zero attached hydrogens (tertiary/aromatic N) is 6. The van der Waals surface area contributed by atoms with E-state index >= 15 is 0 Å². The lowest BCUT2D eigenvalue weighted by atomic mass is 9.98. The van der Waals surface area contributed by atoms with Gasteiger partial charge >= 0.3 is 0 Å². The summed E-state index contributed by atoms with van der Waals surface area (Å²) >= 11 is 0. The fourth-order valence-corrected chi connectivity index (χ4v) is 4.27. The van der Waals surface area contributed by atoms with Crippen LogP contribution in [-0.2, 0) is 0 Å². The summed E-state index contributed by atoms with van der Waals surface area (Å²) in [7, 11) is 0. The van der Waals surface area contributed by atoms with Crippen LogP contribution in [0.15, 0.2) is 122 Å². The maximum absolute atomic E-state index is 9.44. The second-order valence-electron chi connectivity index (χ2n) is 8.64. The second kappa shape index (κ2) is 10.2. The Morgan fingerprint density at radius 3 is 1.45 bits per heavy atom. The molecule has 5 heterocycles. The summed E-state index contributed by atoms with van der Waals surface area (Å²) in [5.41, 5.74) is 9.16. The lowest BCUT2D eigenvalue weighted by Crippen LogP contribution is -1.93. The van der Waals surface area contributed by atoms with Gasteiger partial charge in [-0.2, -0.15) is 5.26 Å². The first-order valence-electron chi connectivity index (χ1n) is 12.0. The maximum Gasteiger partial charge on any atom is 0.0992 e. The average Bonchev–Trinajstić information content (AvgIpc) is 3.02. The highest BCUT2D eigenvalue weighted by molar-refractivity contribution is 5.79. The molecule has 0 radical (unpaired) electrons. The van der Waals surface area contributed by atoms with Crippen LogP contribution in [0.1, 0.15) is 5.56 Å². The summed E-state index contributed by atoms with van der Waals surface area (Å²) in [6.07, 6.45) is 8.76. The second-order valence-corrected chi connectivity index (χ2v) is 8.64. The molecule has 0 aliphatic heterocycles. The van der Waals surface area contributed by atoms with Crippen LogP contribution in [0, 0.1) is 11.3 Å². The van der Waals surface area contributed by atoms with Crippen LogP contribution in [0.5, 0.6) is 0 Å². The van der Waals surface area contributed by atoms with Gasteiger partial charge in [-0.25, -0.2) is 9.97 Å². The summed E-state index contributed by atoms with van der Waals surface area (Å²) in [5.74, 6) is 0. The Bertz CT molecular complexity index is 1670. The van der Waals surface area contributed by atoms with E-state index in [2.05, 4.69) is 27.1 Å². The van der Waals surface area contributed by atoms with Gasteiger partial charge in [-0.3, -0.25) is 15.0 Å². The van der Waals surface area contributed by atoms with E-state index in [1.54, 1.807) is 43.1 Å². The molecule has 0 amide bonds. The number of rotatable bonds is 5. The third-order valence-corrected chi connectivity index (χ3v) is 6.12. The minimum atomic E-state index is 0.551. The first-order valence-corrected chi connectivity index (χ1v) is 12.0. The number of aromatic nitrogens is 5. The van der Waals surface area contributed by atoms with Gasteiger partial charge in [0, 0.05) is 58.8 Å². The molecular weight excluding hydrogens is 468 g/mol. The van der Waals surface area contributed by atoms with Crippen molar-refractivity contribution in [2.75, 3.05) is 0 Å². The molecule has 6 aromatic rings. The Hall–Kier alpha value is -5.54. The van der Waals surface area contributed by atoms with E-state index in [0.717, 1.165) is 50.6 Å². The van der Waals surface area contributed by atoms with Crippen LogP contribution >= 0.6 is 0 Å². The Balaban J connectivity index is 1.51. The lowest BCUT2D eigenvalue weighted by Gasteiger charge is -2.12. The molecule has 178 valence electrons. The van der Waals surface area contributed by atoms with Crippen LogP contribution in [0.4, 0.5) is 0 Å². The average molecular weight is 489 g/mol. The SMILES string of the molecule is N#Cc1ccnc(-c2cc(-c3cccc(-c4cccnc4)n3)cc(-c3cccc(-c4cccnc4)n3)c2)c1. The van der Waals surface area contributed by atoms with Crippen molar-refractivity contribution in [2.24, 2.45) is 0 Å². The lowest BCUT2D eigenvalue weighted by molar-refractivity contribution is 1.27. The third-order valence-electron chi connectivity index (χ3n) is 6.12. The number of hydrogen-bond donors (Lipinski definition) is 0. The van der Waals surface area contributed by atoms with Gasteiger partial charge in [0.2, 0.25) is 0 Å². The number of pyridine rings is 5. The molecule has 0 saturated carbocycles. The van der Waals surface area contributed by atoms with Gasteiger partial charge in [0.1, 0.15) is 0 Å². The van der Waals surface area contributed by atoms with E-state index in [-0.39, 0.29) is 0 Å². The van der Waals surface area contributed by atoms with Crippen molar-refractivity contribution in [2.45, 2.75) is 0 Å². The fraction of sp³-hybridized carbons (Fsp3) is 0. The maximum atomic E-state index is 9.44. The van der Waals surface area contributed by atoms with Gasteiger partial charge in [0.15, 0.2) is 0 Å². The van der Waals surface area contributed by atoms with E-state index in [9.17, 15) is 5.26 Å². The van der Waals surface area contributed by atoms with Crippen molar-refractivity contribution in [1.82, 2.24) is 24.9 Å². The molecule has 5 aromatic heterocycles. The molecular formula is C32H20N6. The van der Waals surface area contributed by atoms with E-state index in [1.807, 2.05) is 72.8 Å². The van der Waals surface area contributed by atoms with Gasteiger partial charge < -0.3 is 0 Å². The molecule has 0 saturated heterocycles. The zero-order valence-electron chi connectivity index (χ0n) is 20.2.